The molecular weight excluding hydrogens is 286 g/mol. The molecule has 0 spiro atoms. The van der Waals surface area contributed by atoms with Crippen molar-refractivity contribution in [1.82, 2.24) is 0 Å². The van der Waals surface area contributed by atoms with Crippen LogP contribution in [-0.2, 0) is 13.3 Å². The lowest BCUT2D eigenvalue weighted by atomic mass is 10.1. The Morgan fingerprint density at radius 2 is 1.38 bits per heavy atom. The Morgan fingerprint density at radius 3 is 1.81 bits per heavy atom. The fourth-order valence-electron chi connectivity index (χ4n) is 2.50. The second kappa shape index (κ2) is 13.1. The van der Waals surface area contributed by atoms with Crippen molar-refractivity contribution in [2.24, 2.45) is 5.11 Å². The molecule has 0 aliphatic heterocycles. The van der Waals surface area contributed by atoms with Crippen molar-refractivity contribution in [3.05, 3.63) is 10.4 Å². The second-order valence-electron chi connectivity index (χ2n) is 5.20. The van der Waals surface area contributed by atoms with E-state index in [9.17, 15) is 0 Å². The van der Waals surface area contributed by atoms with Crippen molar-refractivity contribution in [2.45, 2.75) is 70.4 Å². The molecule has 0 heterocycles. The van der Waals surface area contributed by atoms with Gasteiger partial charge in [0.25, 0.3) is 0 Å². The molecule has 1 atom stereocenters. The van der Waals surface area contributed by atoms with E-state index in [1.54, 1.807) is 21.3 Å². The Morgan fingerprint density at radius 1 is 0.905 bits per heavy atom. The highest BCUT2D eigenvalue weighted by molar-refractivity contribution is 6.62. The monoisotopic (exact) mass is 317 g/mol. The molecule has 0 rings (SSSR count). The van der Waals surface area contributed by atoms with Gasteiger partial charge in [-0.15, -0.1) is 0 Å². The van der Waals surface area contributed by atoms with Crippen molar-refractivity contribution in [3.8, 4) is 0 Å². The van der Waals surface area contributed by atoms with Gasteiger partial charge in [-0.3, -0.25) is 0 Å². The first-order valence-electron chi connectivity index (χ1n) is 7.90. The van der Waals surface area contributed by atoms with E-state index < -0.39 is 8.80 Å². The van der Waals surface area contributed by atoms with Crippen LogP contribution in [0.15, 0.2) is 5.11 Å². The number of rotatable bonds is 14. The Hall–Kier alpha value is -0.593. The summed E-state index contributed by atoms with van der Waals surface area (Å²) in [6.07, 6.45) is 10.7. The van der Waals surface area contributed by atoms with Crippen LogP contribution in [0.25, 0.3) is 10.4 Å². The van der Waals surface area contributed by atoms with Crippen LogP contribution in [0.4, 0.5) is 0 Å². The maximum absolute atomic E-state index is 8.72. The van der Waals surface area contributed by atoms with Crippen LogP contribution in [0.3, 0.4) is 0 Å². The molecule has 0 aromatic carbocycles. The van der Waals surface area contributed by atoms with E-state index in [0.29, 0.717) is 0 Å². The summed E-state index contributed by atoms with van der Waals surface area (Å²) < 4.78 is 16.2. The van der Waals surface area contributed by atoms with Crippen LogP contribution < -0.4 is 0 Å². The summed E-state index contributed by atoms with van der Waals surface area (Å²) in [7, 11) is 1.77. The Labute approximate surface area is 130 Å². The highest BCUT2D eigenvalue weighted by atomic mass is 28.4. The Kier molecular flexibility index (Phi) is 12.7. The van der Waals surface area contributed by atoms with Crippen molar-refractivity contribution in [2.75, 3.05) is 21.3 Å². The third kappa shape index (κ3) is 7.83. The molecule has 6 nitrogen and oxygen atoms in total. The van der Waals surface area contributed by atoms with Crippen LogP contribution in [0.1, 0.15) is 64.7 Å². The van der Waals surface area contributed by atoms with E-state index in [0.717, 1.165) is 19.3 Å². The smallest absolute Gasteiger partial charge is 0.377 e. The van der Waals surface area contributed by atoms with Gasteiger partial charge >= 0.3 is 8.80 Å². The highest BCUT2D eigenvalue weighted by Crippen LogP contribution is 2.21. The van der Waals surface area contributed by atoms with E-state index in [1.165, 1.54) is 38.5 Å². The third-order valence-electron chi connectivity index (χ3n) is 3.78. The van der Waals surface area contributed by atoms with Gasteiger partial charge in [-0.1, -0.05) is 63.4 Å². The Bertz CT molecular complexity index is 287. The maximum atomic E-state index is 8.72. The topological polar surface area (TPSA) is 76.5 Å². The van der Waals surface area contributed by atoms with Gasteiger partial charge in [0.15, 0.2) is 0 Å². The molecule has 0 aromatic rings. The average molecular weight is 318 g/mol. The molecule has 0 saturated carbocycles. The minimum Gasteiger partial charge on any atom is -0.377 e. The largest absolute Gasteiger partial charge is 0.509 e. The molecule has 21 heavy (non-hydrogen) atoms. The number of hydrogen-bond acceptors (Lipinski definition) is 4. The quantitative estimate of drug-likeness (QED) is 0.154. The molecule has 0 bridgehead atoms. The molecule has 0 fully saturated rings. The summed E-state index contributed by atoms with van der Waals surface area (Å²) in [6, 6.07) is 0. The zero-order valence-corrected chi connectivity index (χ0v) is 15.0. The predicted octanol–water partition coefficient (Wildman–Crippen LogP) is 4.61. The molecule has 0 aromatic heterocycles. The molecular formula is C14H31N3O3Si. The summed E-state index contributed by atoms with van der Waals surface area (Å²) in [6.45, 7) is 2.23. The van der Waals surface area contributed by atoms with Gasteiger partial charge in [0, 0.05) is 26.2 Å². The van der Waals surface area contributed by atoms with Crippen LogP contribution >= 0.6 is 0 Å². The van der Waals surface area contributed by atoms with Crippen molar-refractivity contribution >= 4 is 8.80 Å². The normalized spacial score (nSPS) is 13.0. The van der Waals surface area contributed by atoms with Crippen LogP contribution in [0, 0.1) is 0 Å². The van der Waals surface area contributed by atoms with Gasteiger partial charge in [-0.2, -0.15) is 0 Å². The van der Waals surface area contributed by atoms with Crippen LogP contribution in [0.2, 0.25) is 0 Å². The molecule has 0 amide bonds. The Balaban J connectivity index is 4.08. The minimum atomic E-state index is -2.87. The van der Waals surface area contributed by atoms with Gasteiger partial charge in [-0.25, -0.2) is 0 Å². The first kappa shape index (κ1) is 20.4. The fraction of sp³-hybridized carbons (Fsp3) is 1.00. The number of nitrogens with zero attached hydrogens (tertiary/aromatic N) is 3. The zero-order valence-electron chi connectivity index (χ0n) is 14.0. The lowest BCUT2D eigenvalue weighted by Crippen LogP contribution is -2.53. The lowest BCUT2D eigenvalue weighted by molar-refractivity contribution is 0.111. The maximum Gasteiger partial charge on any atom is 0.509 e. The summed E-state index contributed by atoms with van der Waals surface area (Å²) in [5.74, 6) is 0. The third-order valence-corrected chi connectivity index (χ3v) is 6.71. The summed E-state index contributed by atoms with van der Waals surface area (Å²) in [5.41, 5.74) is 8.38. The highest BCUT2D eigenvalue weighted by Gasteiger charge is 2.46. The molecule has 7 heteroatoms. The molecule has 0 saturated heterocycles. The molecule has 1 unspecified atom stereocenters. The minimum absolute atomic E-state index is 0.345. The van der Waals surface area contributed by atoms with Gasteiger partial charge in [0.1, 0.15) is 5.67 Å². The molecule has 0 N–H and O–H groups in total. The molecule has 0 radical (unpaired) electrons. The van der Waals surface area contributed by atoms with Gasteiger partial charge in [0.2, 0.25) is 0 Å². The van der Waals surface area contributed by atoms with Crippen LogP contribution in [0.5, 0.6) is 0 Å². The van der Waals surface area contributed by atoms with E-state index >= 15 is 0 Å². The second-order valence-corrected chi connectivity index (χ2v) is 8.30. The number of unbranched alkanes of at least 4 members (excludes halogenated alkanes) is 7. The van der Waals surface area contributed by atoms with E-state index in [1.807, 2.05) is 0 Å². The SMILES string of the molecule is CCCCCCCCCCC(N=[N+]=[N-])[Si](OC)(OC)OC. The van der Waals surface area contributed by atoms with E-state index in [-0.39, 0.29) is 5.67 Å². The first-order chi connectivity index (χ1) is 10.2. The van der Waals surface area contributed by atoms with Crippen LogP contribution in [-0.4, -0.2) is 35.8 Å². The van der Waals surface area contributed by atoms with Gasteiger partial charge in [-0.05, 0) is 12.0 Å². The average Bonchev–Trinajstić information content (AvgIpc) is 2.52. The van der Waals surface area contributed by atoms with Crippen molar-refractivity contribution in [3.63, 3.8) is 0 Å². The van der Waals surface area contributed by atoms with Crippen molar-refractivity contribution in [1.29, 1.82) is 0 Å². The summed E-state index contributed by atoms with van der Waals surface area (Å²) in [4.78, 5) is 2.91. The lowest BCUT2D eigenvalue weighted by Gasteiger charge is -2.29. The fourth-order valence-corrected chi connectivity index (χ4v) is 4.56. The number of azide groups is 1. The standard InChI is InChI=1S/C14H31N3O3Si/c1-5-6-7-8-9-10-11-12-13-14(16-17-15)21(18-2,19-3)20-4/h14H,5-13H2,1-4H3. The van der Waals surface area contributed by atoms with E-state index in [2.05, 4.69) is 16.9 Å². The molecule has 124 valence electrons. The predicted molar refractivity (Wildman–Crippen MR) is 86.9 cm³/mol. The van der Waals surface area contributed by atoms with Gasteiger partial charge < -0.3 is 13.3 Å². The number of hydrogen-bond donors (Lipinski definition) is 0. The van der Waals surface area contributed by atoms with Crippen molar-refractivity contribution < 1.29 is 13.3 Å². The zero-order chi connectivity index (χ0) is 16.0. The molecule has 0 aliphatic rings. The summed E-state index contributed by atoms with van der Waals surface area (Å²) in [5, 5.41) is 3.83. The summed E-state index contributed by atoms with van der Waals surface area (Å²) >= 11 is 0. The molecule has 0 aliphatic carbocycles. The first-order valence-corrected chi connectivity index (χ1v) is 9.70. The van der Waals surface area contributed by atoms with Gasteiger partial charge in [0.05, 0.1) is 0 Å². The van der Waals surface area contributed by atoms with E-state index in [4.69, 9.17) is 18.8 Å².